The van der Waals surface area contributed by atoms with Gasteiger partial charge >= 0.3 is 0 Å². The van der Waals surface area contributed by atoms with Crippen molar-refractivity contribution in [3.63, 3.8) is 0 Å². The van der Waals surface area contributed by atoms with Crippen LogP contribution in [-0.4, -0.2) is 17.7 Å². The van der Waals surface area contributed by atoms with E-state index in [1.165, 1.54) is 4.90 Å². The third-order valence-corrected chi connectivity index (χ3v) is 4.71. The Balaban J connectivity index is 2.15. The average molecular weight is 299 g/mol. The van der Waals surface area contributed by atoms with E-state index in [0.717, 1.165) is 17.7 Å². The van der Waals surface area contributed by atoms with Crippen LogP contribution in [0.1, 0.15) is 31.9 Å². The van der Waals surface area contributed by atoms with Gasteiger partial charge < -0.3 is 11.1 Å². The molecule has 2 atom stereocenters. The molecule has 0 aliphatic carbocycles. The summed E-state index contributed by atoms with van der Waals surface area (Å²) < 4.78 is 0. The van der Waals surface area contributed by atoms with Gasteiger partial charge in [0.05, 0.1) is 12.1 Å². The molecule has 1 aromatic rings. The molecular formula is C14H19ClN2OS. The highest BCUT2D eigenvalue weighted by molar-refractivity contribution is 7.99. The van der Waals surface area contributed by atoms with Crippen molar-refractivity contribution < 1.29 is 4.79 Å². The number of halogens is 1. The van der Waals surface area contributed by atoms with Crippen LogP contribution in [0.3, 0.4) is 0 Å². The number of rotatable bonds is 3. The molecular weight excluding hydrogens is 280 g/mol. The Morgan fingerprint density at radius 3 is 2.95 bits per heavy atom. The van der Waals surface area contributed by atoms with Crippen LogP contribution >= 0.6 is 23.4 Å². The van der Waals surface area contributed by atoms with E-state index >= 15 is 0 Å². The summed E-state index contributed by atoms with van der Waals surface area (Å²) >= 11 is 7.85. The fourth-order valence-electron chi connectivity index (χ4n) is 2.09. The Hall–Kier alpha value is -0.710. The Labute approximate surface area is 123 Å². The quantitative estimate of drug-likeness (QED) is 0.902. The summed E-state index contributed by atoms with van der Waals surface area (Å²) in [7, 11) is 0. The molecule has 1 aliphatic heterocycles. The molecule has 2 rings (SSSR count). The van der Waals surface area contributed by atoms with Crippen molar-refractivity contribution in [1.82, 2.24) is 5.32 Å². The molecule has 0 aromatic heterocycles. The molecule has 0 saturated carbocycles. The molecule has 1 aliphatic rings. The lowest BCUT2D eigenvalue weighted by atomic mass is 10.0. The largest absolute Gasteiger partial charge is 0.348 e. The summed E-state index contributed by atoms with van der Waals surface area (Å²) in [6.07, 6.45) is 0.911. The summed E-state index contributed by atoms with van der Waals surface area (Å²) in [4.78, 5) is 13.3. The van der Waals surface area contributed by atoms with Gasteiger partial charge in [-0.25, -0.2) is 0 Å². The van der Waals surface area contributed by atoms with Crippen molar-refractivity contribution in [2.75, 3.05) is 5.75 Å². The van der Waals surface area contributed by atoms with E-state index in [1.807, 2.05) is 32.0 Å². The zero-order valence-electron chi connectivity index (χ0n) is 11.2. The van der Waals surface area contributed by atoms with E-state index in [-0.39, 0.29) is 17.9 Å². The number of fused-ring (bicyclic) bond motifs is 1. The SMILES string of the molecule is CC(C)[C@H](N)C(=O)NC1CCSc2ccc(Cl)cc21. The smallest absolute Gasteiger partial charge is 0.237 e. The van der Waals surface area contributed by atoms with Gasteiger partial charge in [-0.05, 0) is 36.1 Å². The number of nitrogens with one attached hydrogen (secondary N) is 1. The third kappa shape index (κ3) is 3.44. The second-order valence-corrected chi connectivity index (χ2v) is 6.72. The van der Waals surface area contributed by atoms with Gasteiger partial charge in [0.2, 0.25) is 5.91 Å². The van der Waals surface area contributed by atoms with Crippen LogP contribution in [-0.2, 0) is 4.79 Å². The summed E-state index contributed by atoms with van der Waals surface area (Å²) in [5.74, 6) is 1.05. The minimum atomic E-state index is -0.461. The van der Waals surface area contributed by atoms with Crippen molar-refractivity contribution in [2.45, 2.75) is 37.2 Å². The number of carbonyl (C=O) groups is 1. The van der Waals surface area contributed by atoms with Crippen LogP contribution < -0.4 is 11.1 Å². The van der Waals surface area contributed by atoms with Crippen LogP contribution in [0.4, 0.5) is 0 Å². The predicted octanol–water partition coefficient (Wildman–Crippen LogP) is 2.98. The number of benzene rings is 1. The molecule has 3 N–H and O–H groups in total. The molecule has 0 bridgehead atoms. The molecule has 0 radical (unpaired) electrons. The van der Waals surface area contributed by atoms with Crippen molar-refractivity contribution >= 4 is 29.3 Å². The first-order valence-corrected chi connectivity index (χ1v) is 7.83. The monoisotopic (exact) mass is 298 g/mol. The Kier molecular flexibility index (Phi) is 4.76. The zero-order chi connectivity index (χ0) is 14.0. The average Bonchev–Trinajstić information content (AvgIpc) is 2.38. The van der Waals surface area contributed by atoms with Gasteiger partial charge in [0.15, 0.2) is 0 Å². The Bertz CT molecular complexity index is 479. The fraction of sp³-hybridized carbons (Fsp3) is 0.500. The van der Waals surface area contributed by atoms with E-state index in [2.05, 4.69) is 5.32 Å². The highest BCUT2D eigenvalue weighted by Crippen LogP contribution is 2.37. The van der Waals surface area contributed by atoms with Crippen LogP contribution in [0.25, 0.3) is 0 Å². The summed E-state index contributed by atoms with van der Waals surface area (Å²) in [6, 6.07) is 5.40. The van der Waals surface area contributed by atoms with E-state index < -0.39 is 6.04 Å². The molecule has 1 amide bonds. The van der Waals surface area contributed by atoms with Gasteiger partial charge in [-0.2, -0.15) is 0 Å². The first-order valence-electron chi connectivity index (χ1n) is 6.47. The van der Waals surface area contributed by atoms with Gasteiger partial charge in [-0.15, -0.1) is 11.8 Å². The van der Waals surface area contributed by atoms with E-state index in [0.29, 0.717) is 5.02 Å². The topological polar surface area (TPSA) is 55.1 Å². The van der Waals surface area contributed by atoms with Gasteiger partial charge in [0, 0.05) is 15.7 Å². The maximum Gasteiger partial charge on any atom is 0.237 e. The van der Waals surface area contributed by atoms with Crippen LogP contribution in [0, 0.1) is 5.92 Å². The van der Waals surface area contributed by atoms with Crippen LogP contribution in [0.15, 0.2) is 23.1 Å². The molecule has 1 aromatic carbocycles. The normalized spacial score (nSPS) is 19.9. The highest BCUT2D eigenvalue weighted by atomic mass is 35.5. The van der Waals surface area contributed by atoms with Gasteiger partial charge in [0.1, 0.15) is 0 Å². The zero-order valence-corrected chi connectivity index (χ0v) is 12.7. The minimum Gasteiger partial charge on any atom is -0.348 e. The molecule has 3 nitrogen and oxygen atoms in total. The number of amides is 1. The molecule has 1 unspecified atom stereocenters. The molecule has 19 heavy (non-hydrogen) atoms. The lowest BCUT2D eigenvalue weighted by molar-refractivity contribution is -0.124. The van der Waals surface area contributed by atoms with Crippen molar-refractivity contribution in [2.24, 2.45) is 11.7 Å². The Morgan fingerprint density at radius 2 is 2.26 bits per heavy atom. The second kappa shape index (κ2) is 6.16. The van der Waals surface area contributed by atoms with Gasteiger partial charge in [-0.3, -0.25) is 4.79 Å². The first-order chi connectivity index (χ1) is 8.99. The minimum absolute atomic E-state index is 0.0206. The van der Waals surface area contributed by atoms with E-state index in [9.17, 15) is 4.79 Å². The van der Waals surface area contributed by atoms with Gasteiger partial charge in [-0.1, -0.05) is 25.4 Å². The summed E-state index contributed by atoms with van der Waals surface area (Å²) in [5, 5.41) is 3.75. The number of thioether (sulfide) groups is 1. The molecule has 5 heteroatoms. The predicted molar refractivity (Wildman–Crippen MR) is 80.5 cm³/mol. The molecule has 0 saturated heterocycles. The summed E-state index contributed by atoms with van der Waals surface area (Å²) in [5.41, 5.74) is 6.99. The lowest BCUT2D eigenvalue weighted by Gasteiger charge is -2.28. The van der Waals surface area contributed by atoms with Gasteiger partial charge in [0.25, 0.3) is 0 Å². The fourth-order valence-corrected chi connectivity index (χ4v) is 3.37. The number of nitrogens with two attached hydrogens (primary N) is 1. The molecule has 1 heterocycles. The van der Waals surface area contributed by atoms with Crippen LogP contribution in [0.5, 0.6) is 0 Å². The highest BCUT2D eigenvalue weighted by Gasteiger charge is 2.25. The number of hydrogen-bond acceptors (Lipinski definition) is 3. The van der Waals surface area contributed by atoms with E-state index in [4.69, 9.17) is 17.3 Å². The maximum absolute atomic E-state index is 12.1. The lowest BCUT2D eigenvalue weighted by Crippen LogP contribution is -2.45. The molecule has 0 spiro atoms. The van der Waals surface area contributed by atoms with Crippen molar-refractivity contribution in [1.29, 1.82) is 0 Å². The standard InChI is InChI=1S/C14H19ClN2OS/c1-8(2)13(16)14(18)17-11-5-6-19-12-4-3-9(15)7-10(11)12/h3-4,7-8,11,13H,5-6,16H2,1-2H3,(H,17,18)/t11?,13-/m0/s1. The number of hydrogen-bond donors (Lipinski definition) is 2. The Morgan fingerprint density at radius 1 is 1.53 bits per heavy atom. The van der Waals surface area contributed by atoms with Crippen molar-refractivity contribution in [3.8, 4) is 0 Å². The number of carbonyl (C=O) groups excluding carboxylic acids is 1. The van der Waals surface area contributed by atoms with Crippen molar-refractivity contribution in [3.05, 3.63) is 28.8 Å². The summed E-state index contributed by atoms with van der Waals surface area (Å²) in [6.45, 7) is 3.90. The molecule has 0 fully saturated rings. The molecule has 104 valence electrons. The second-order valence-electron chi connectivity index (χ2n) is 5.15. The third-order valence-electron chi connectivity index (χ3n) is 3.35. The first kappa shape index (κ1) is 14.7. The van der Waals surface area contributed by atoms with E-state index in [1.54, 1.807) is 11.8 Å². The van der Waals surface area contributed by atoms with Crippen LogP contribution in [0.2, 0.25) is 5.02 Å². The maximum atomic E-state index is 12.1.